The fraction of sp³-hybridized carbons (Fsp3) is 0.200. The molecule has 0 radical (unpaired) electrons. The molecule has 2 aromatic heterocycles. The van der Waals surface area contributed by atoms with E-state index in [4.69, 9.17) is 23.2 Å². The van der Waals surface area contributed by atoms with E-state index in [2.05, 4.69) is 15.6 Å². The number of nitrogens with one attached hydrogen (secondary N) is 2. The molecule has 10 heteroatoms. The SMILES string of the molecule is CCCc1cc(=O)n2c(C(=O)Nc3ccc(C)c(Cl)c3)c(C(=O)Nc3ccc(Cl)cc3C)sc2n1. The second kappa shape index (κ2) is 10.2. The quantitative estimate of drug-likeness (QED) is 0.314. The smallest absolute Gasteiger partial charge is 0.274 e. The van der Waals surface area contributed by atoms with Gasteiger partial charge >= 0.3 is 0 Å². The van der Waals surface area contributed by atoms with Crippen LogP contribution in [-0.2, 0) is 6.42 Å². The molecule has 0 aliphatic rings. The van der Waals surface area contributed by atoms with E-state index in [-0.39, 0.29) is 15.5 Å². The highest BCUT2D eigenvalue weighted by Gasteiger charge is 2.27. The van der Waals surface area contributed by atoms with Crippen LogP contribution >= 0.6 is 34.5 Å². The summed E-state index contributed by atoms with van der Waals surface area (Å²) >= 11 is 13.2. The maximum atomic E-state index is 13.4. The fourth-order valence-electron chi connectivity index (χ4n) is 3.57. The van der Waals surface area contributed by atoms with Crippen molar-refractivity contribution in [1.29, 1.82) is 0 Å². The fourth-order valence-corrected chi connectivity index (χ4v) is 5.02. The summed E-state index contributed by atoms with van der Waals surface area (Å²) in [6.07, 6.45) is 1.41. The molecule has 0 atom stereocenters. The number of hydrogen-bond donors (Lipinski definition) is 2. The van der Waals surface area contributed by atoms with Gasteiger partial charge in [-0.05, 0) is 61.7 Å². The number of rotatable bonds is 6. The lowest BCUT2D eigenvalue weighted by Gasteiger charge is -2.10. The summed E-state index contributed by atoms with van der Waals surface area (Å²) in [5.41, 5.74) is 2.68. The van der Waals surface area contributed by atoms with Crippen molar-refractivity contribution in [3.05, 3.63) is 90.3 Å². The topological polar surface area (TPSA) is 92.6 Å². The molecule has 7 nitrogen and oxygen atoms in total. The van der Waals surface area contributed by atoms with Crippen LogP contribution in [-0.4, -0.2) is 21.2 Å². The number of carbonyl (C=O) groups is 2. The minimum atomic E-state index is -0.624. The van der Waals surface area contributed by atoms with Crippen molar-refractivity contribution >= 4 is 62.7 Å². The average molecular weight is 529 g/mol. The van der Waals surface area contributed by atoms with Gasteiger partial charge in [-0.2, -0.15) is 0 Å². The summed E-state index contributed by atoms with van der Waals surface area (Å²) in [6.45, 7) is 5.64. The summed E-state index contributed by atoms with van der Waals surface area (Å²) in [7, 11) is 0. The van der Waals surface area contributed by atoms with E-state index in [0.29, 0.717) is 33.5 Å². The van der Waals surface area contributed by atoms with E-state index in [1.807, 2.05) is 20.8 Å². The molecule has 35 heavy (non-hydrogen) atoms. The Labute approximate surface area is 215 Å². The maximum Gasteiger partial charge on any atom is 0.274 e. The lowest BCUT2D eigenvalue weighted by Crippen LogP contribution is -2.25. The van der Waals surface area contributed by atoms with Gasteiger partial charge in [-0.15, -0.1) is 0 Å². The minimum absolute atomic E-state index is 0.0632. The summed E-state index contributed by atoms with van der Waals surface area (Å²) < 4.78 is 1.18. The first-order chi connectivity index (χ1) is 16.7. The Morgan fingerprint density at radius 1 is 1.00 bits per heavy atom. The van der Waals surface area contributed by atoms with E-state index >= 15 is 0 Å². The summed E-state index contributed by atoms with van der Waals surface area (Å²) in [5, 5.41) is 6.59. The first-order valence-electron chi connectivity index (χ1n) is 10.9. The van der Waals surface area contributed by atoms with Crippen molar-refractivity contribution in [3.8, 4) is 0 Å². The first kappa shape index (κ1) is 24.9. The van der Waals surface area contributed by atoms with Gasteiger partial charge in [0.15, 0.2) is 4.96 Å². The van der Waals surface area contributed by atoms with Gasteiger partial charge in [0.1, 0.15) is 10.6 Å². The second-order valence-corrected chi connectivity index (χ2v) is 9.89. The molecule has 0 aliphatic carbocycles. The number of aryl methyl sites for hydroxylation is 3. The number of halogens is 2. The van der Waals surface area contributed by atoms with E-state index in [1.54, 1.807) is 36.4 Å². The van der Waals surface area contributed by atoms with Crippen LogP contribution in [0.2, 0.25) is 10.0 Å². The van der Waals surface area contributed by atoms with Crippen molar-refractivity contribution < 1.29 is 9.59 Å². The zero-order valence-corrected chi connectivity index (χ0v) is 21.6. The third-order valence-electron chi connectivity index (χ3n) is 5.37. The molecule has 0 saturated carbocycles. The van der Waals surface area contributed by atoms with Crippen molar-refractivity contribution in [3.63, 3.8) is 0 Å². The van der Waals surface area contributed by atoms with Crippen molar-refractivity contribution in [2.45, 2.75) is 33.6 Å². The number of thiazole rings is 1. The maximum absolute atomic E-state index is 13.4. The first-order valence-corrected chi connectivity index (χ1v) is 12.5. The summed E-state index contributed by atoms with van der Waals surface area (Å²) in [4.78, 5) is 44.6. The molecule has 2 heterocycles. The Morgan fingerprint density at radius 3 is 2.46 bits per heavy atom. The number of carbonyl (C=O) groups excluding carboxylic acids is 2. The molecule has 0 fully saturated rings. The predicted molar refractivity (Wildman–Crippen MR) is 142 cm³/mol. The molecular formula is C25H22Cl2N4O3S. The lowest BCUT2D eigenvalue weighted by atomic mass is 10.2. The van der Waals surface area contributed by atoms with E-state index in [9.17, 15) is 14.4 Å². The number of nitrogens with zero attached hydrogens (tertiary/aromatic N) is 2. The third kappa shape index (κ3) is 5.24. The number of fused-ring (bicyclic) bond motifs is 1. The molecular weight excluding hydrogens is 507 g/mol. The molecule has 0 aliphatic heterocycles. The molecule has 2 N–H and O–H groups in total. The predicted octanol–water partition coefficient (Wildman–Crippen LogP) is 6.14. The number of benzene rings is 2. The van der Waals surface area contributed by atoms with Crippen LogP contribution in [0.1, 0.15) is 50.3 Å². The monoisotopic (exact) mass is 528 g/mol. The van der Waals surface area contributed by atoms with Crippen molar-refractivity contribution in [1.82, 2.24) is 9.38 Å². The van der Waals surface area contributed by atoms with Crippen LogP contribution in [0, 0.1) is 13.8 Å². The average Bonchev–Trinajstić information content (AvgIpc) is 3.19. The van der Waals surface area contributed by atoms with Crippen LogP contribution in [0.3, 0.4) is 0 Å². The van der Waals surface area contributed by atoms with Gasteiger partial charge in [0.2, 0.25) is 0 Å². The Kier molecular flexibility index (Phi) is 7.25. The number of hydrogen-bond acceptors (Lipinski definition) is 5. The van der Waals surface area contributed by atoms with Gasteiger partial charge in [-0.25, -0.2) is 9.38 Å². The van der Waals surface area contributed by atoms with E-state index in [1.165, 1.54) is 10.5 Å². The molecule has 2 aromatic carbocycles. The molecule has 0 saturated heterocycles. The van der Waals surface area contributed by atoms with Crippen molar-refractivity contribution in [2.75, 3.05) is 10.6 Å². The summed E-state index contributed by atoms with van der Waals surface area (Å²) in [5.74, 6) is -1.16. The lowest BCUT2D eigenvalue weighted by molar-refractivity contribution is 0.0989. The normalized spacial score (nSPS) is 11.0. The van der Waals surface area contributed by atoms with Crippen LogP contribution in [0.25, 0.3) is 4.96 Å². The number of amides is 2. The Bertz CT molecular complexity index is 1530. The van der Waals surface area contributed by atoms with Gasteiger partial charge in [0, 0.05) is 33.2 Å². The molecule has 0 bridgehead atoms. The largest absolute Gasteiger partial charge is 0.321 e. The van der Waals surface area contributed by atoms with Crippen LogP contribution in [0.4, 0.5) is 11.4 Å². The van der Waals surface area contributed by atoms with E-state index < -0.39 is 17.4 Å². The number of aromatic nitrogens is 2. The Balaban J connectivity index is 1.81. The van der Waals surface area contributed by atoms with Crippen LogP contribution < -0.4 is 16.2 Å². The van der Waals surface area contributed by atoms with Gasteiger partial charge in [-0.1, -0.05) is 53.9 Å². The summed E-state index contributed by atoms with van der Waals surface area (Å²) in [6, 6.07) is 11.5. The molecule has 2 amide bonds. The van der Waals surface area contributed by atoms with Crippen molar-refractivity contribution in [2.24, 2.45) is 0 Å². The Morgan fingerprint density at radius 2 is 1.77 bits per heavy atom. The Hall–Kier alpha value is -3.20. The van der Waals surface area contributed by atoms with Gasteiger partial charge in [0.05, 0.1) is 0 Å². The van der Waals surface area contributed by atoms with Gasteiger partial charge in [-0.3, -0.25) is 14.4 Å². The highest BCUT2D eigenvalue weighted by molar-refractivity contribution is 7.19. The number of anilines is 2. The molecule has 4 aromatic rings. The van der Waals surface area contributed by atoms with Gasteiger partial charge < -0.3 is 10.6 Å². The van der Waals surface area contributed by atoms with Gasteiger partial charge in [0.25, 0.3) is 17.4 Å². The van der Waals surface area contributed by atoms with Crippen LogP contribution in [0.15, 0.2) is 47.3 Å². The molecule has 0 unspecified atom stereocenters. The zero-order valence-electron chi connectivity index (χ0n) is 19.2. The third-order valence-corrected chi connectivity index (χ3v) is 7.05. The molecule has 0 spiro atoms. The second-order valence-electron chi connectivity index (χ2n) is 8.06. The molecule has 4 rings (SSSR count). The van der Waals surface area contributed by atoms with E-state index in [0.717, 1.165) is 28.9 Å². The standard InChI is InChI=1S/C25H22Cl2N4O3S/c1-4-5-16-12-20(32)31-21(23(33)28-17-8-6-13(2)18(27)11-17)22(35-25(31)29-16)24(34)30-19-9-7-15(26)10-14(19)3/h6-12H,4-5H2,1-3H3,(H,28,33)(H,30,34). The highest BCUT2D eigenvalue weighted by atomic mass is 35.5. The zero-order chi connectivity index (χ0) is 25.3. The minimum Gasteiger partial charge on any atom is -0.321 e. The molecule has 180 valence electrons. The van der Waals surface area contributed by atoms with Crippen LogP contribution in [0.5, 0.6) is 0 Å². The highest BCUT2D eigenvalue weighted by Crippen LogP contribution is 2.27.